The zero-order valence-corrected chi connectivity index (χ0v) is 44.4. The van der Waals surface area contributed by atoms with Crippen LogP contribution in [0.3, 0.4) is 0 Å². The number of ether oxygens (including phenoxy) is 6. The van der Waals surface area contributed by atoms with Gasteiger partial charge < -0.3 is 44.0 Å². The molecule has 2 aromatic carbocycles. The summed E-state index contributed by atoms with van der Waals surface area (Å²) in [6.07, 6.45) is 5.54. The van der Waals surface area contributed by atoms with Crippen molar-refractivity contribution in [2.24, 2.45) is 15.2 Å². The number of amidine groups is 1. The zero-order chi connectivity index (χ0) is 52.4. The van der Waals surface area contributed by atoms with Gasteiger partial charge in [-0.15, -0.1) is 16.4 Å². The predicted octanol–water partition coefficient (Wildman–Crippen LogP) is 6.71. The van der Waals surface area contributed by atoms with Crippen LogP contribution in [-0.2, 0) is 49.2 Å². The highest BCUT2D eigenvalue weighted by molar-refractivity contribution is 7.97. The summed E-state index contributed by atoms with van der Waals surface area (Å²) < 4.78 is 36.1. The number of rotatable bonds is 26. The lowest BCUT2D eigenvalue weighted by atomic mass is 9.99. The quantitative estimate of drug-likeness (QED) is 0.00863. The van der Waals surface area contributed by atoms with Crippen molar-refractivity contribution in [2.75, 3.05) is 91.2 Å². The SMILES string of the molecule is C=N/N=C(/C)N1C[C@H](CC(=O)NCCOCCOCCOCCNC(=O)c2ccc(-c3ccn4ncc(CC(=O)OCOC=O)c4c3)c(SN3CCC(OC)CC3)c2)N=C(c2ccc(Cl)cc2)c2c1sc(C)c2C. The summed E-state index contributed by atoms with van der Waals surface area (Å²) in [7, 11) is 1.74. The summed E-state index contributed by atoms with van der Waals surface area (Å²) in [6, 6.07) is 16.7. The molecule has 0 spiro atoms. The number of pyridine rings is 1. The van der Waals surface area contributed by atoms with Crippen LogP contribution in [0.15, 0.2) is 87.1 Å². The Hall–Kier alpha value is -6.04. The number of hydrogen-bond donors (Lipinski definition) is 2. The van der Waals surface area contributed by atoms with Gasteiger partial charge in [0.25, 0.3) is 12.4 Å². The second kappa shape index (κ2) is 28.0. The Morgan fingerprint density at radius 3 is 2.36 bits per heavy atom. The first-order valence-corrected chi connectivity index (χ1v) is 26.2. The topological polar surface area (TPSA) is 209 Å². The summed E-state index contributed by atoms with van der Waals surface area (Å²) in [5, 5.41) is 20.0. The summed E-state index contributed by atoms with van der Waals surface area (Å²) in [5.41, 5.74) is 7.51. The minimum Gasteiger partial charge on any atom is -0.430 e. The van der Waals surface area contributed by atoms with Gasteiger partial charge in [-0.05, 0) is 98.6 Å². The number of aromatic nitrogens is 2. The van der Waals surface area contributed by atoms with E-state index in [1.165, 1.54) is 4.88 Å². The number of nitrogens with one attached hydrogen (secondary N) is 2. The molecule has 5 heterocycles. The molecule has 2 N–H and O–H groups in total. The third-order valence-electron chi connectivity index (χ3n) is 12.4. The Morgan fingerprint density at radius 1 is 0.946 bits per heavy atom. The molecule has 7 rings (SSSR count). The first-order chi connectivity index (χ1) is 36.0. The lowest BCUT2D eigenvalue weighted by Crippen LogP contribution is -2.38. The van der Waals surface area contributed by atoms with Gasteiger partial charge in [0.2, 0.25) is 12.7 Å². The van der Waals surface area contributed by atoms with Crippen LogP contribution in [0, 0.1) is 13.8 Å². The van der Waals surface area contributed by atoms with E-state index in [1.807, 2.05) is 61.7 Å². The molecule has 3 aromatic heterocycles. The molecule has 2 amide bonds. The first-order valence-electron chi connectivity index (χ1n) is 24.2. The fourth-order valence-corrected chi connectivity index (χ4v) is 10.9. The Labute approximate surface area is 443 Å². The summed E-state index contributed by atoms with van der Waals surface area (Å²) in [6.45, 7) is 14.1. The number of piperidine rings is 1. The molecule has 394 valence electrons. The second-order valence-electron chi connectivity index (χ2n) is 17.3. The molecule has 1 atom stereocenters. The smallest absolute Gasteiger partial charge is 0.313 e. The van der Waals surface area contributed by atoms with Crippen molar-refractivity contribution >= 4 is 87.9 Å². The van der Waals surface area contributed by atoms with E-state index in [9.17, 15) is 19.2 Å². The number of benzene rings is 2. The van der Waals surface area contributed by atoms with Crippen molar-refractivity contribution in [2.45, 2.75) is 63.5 Å². The largest absolute Gasteiger partial charge is 0.430 e. The van der Waals surface area contributed by atoms with Crippen molar-refractivity contribution in [1.82, 2.24) is 24.6 Å². The molecule has 0 aliphatic carbocycles. The number of hydrogen-bond acceptors (Lipinski definition) is 17. The average Bonchev–Trinajstić information content (AvgIpc) is 3.88. The number of anilines is 1. The van der Waals surface area contributed by atoms with E-state index in [0.29, 0.717) is 81.3 Å². The van der Waals surface area contributed by atoms with E-state index >= 15 is 0 Å². The standard InChI is InChI=1S/C52H62ClN9O10S2/c1-34-35(2)73-52-49(34)50(37-6-9-41(53)10-7-37)58-42(31-61(52)36(3)59-54-4)29-47(64)55-15-20-68-22-24-70-25-23-69-21-16-56-51(66)39-8-11-44(46(27-39)74-60-17-13-43(67-5)14-18-60)38-12-19-62-45(26-38)40(30-57-62)28-48(65)72-33-71-32-63/h6-12,19,26-27,30,32,42-43H,4,13-18,20-25,28-29,31,33H2,1-3,5H3,(H,55,64)(H,56,66)/b59-36-/t42-/m0/s1. The molecule has 5 aromatic rings. The molecule has 1 saturated heterocycles. The van der Waals surface area contributed by atoms with E-state index in [0.717, 1.165) is 74.9 Å². The number of methoxy groups -OCH3 is 1. The highest BCUT2D eigenvalue weighted by Crippen LogP contribution is 2.40. The molecule has 2 aliphatic rings. The molecular weight excluding hydrogens is 1010 g/mol. The predicted molar refractivity (Wildman–Crippen MR) is 287 cm³/mol. The molecule has 0 radical (unpaired) electrons. The number of thiophene rings is 1. The number of carbonyl (C=O) groups is 4. The monoisotopic (exact) mass is 1070 g/mol. The first kappa shape index (κ1) is 55.7. The number of esters is 1. The van der Waals surface area contributed by atoms with Crippen LogP contribution in [0.4, 0.5) is 5.00 Å². The molecule has 74 heavy (non-hydrogen) atoms. The highest BCUT2D eigenvalue weighted by Gasteiger charge is 2.31. The van der Waals surface area contributed by atoms with Crippen LogP contribution in [-0.4, -0.2) is 155 Å². The van der Waals surface area contributed by atoms with Crippen molar-refractivity contribution in [3.63, 3.8) is 0 Å². The number of carbonyl (C=O) groups excluding carboxylic acids is 4. The van der Waals surface area contributed by atoms with E-state index < -0.39 is 12.8 Å². The second-order valence-corrected chi connectivity index (χ2v) is 20.1. The average molecular weight is 1070 g/mol. The normalized spacial score (nSPS) is 15.3. The molecule has 0 bridgehead atoms. The van der Waals surface area contributed by atoms with Gasteiger partial charge in [0.1, 0.15) is 10.8 Å². The van der Waals surface area contributed by atoms with Crippen molar-refractivity contribution in [3.05, 3.63) is 105 Å². The fourth-order valence-electron chi connectivity index (χ4n) is 8.41. The molecule has 1 fully saturated rings. The van der Waals surface area contributed by atoms with Crippen LogP contribution >= 0.6 is 34.9 Å². The third-order valence-corrected chi connectivity index (χ3v) is 15.0. The molecule has 22 heteroatoms. The number of fused-ring (bicyclic) bond motifs is 2. The van der Waals surface area contributed by atoms with Gasteiger partial charge in [-0.3, -0.25) is 24.2 Å². The van der Waals surface area contributed by atoms with Crippen molar-refractivity contribution < 1.29 is 47.6 Å². The molecule has 0 unspecified atom stereocenters. The van der Waals surface area contributed by atoms with Crippen LogP contribution in [0.1, 0.15) is 63.7 Å². The number of amides is 2. The maximum absolute atomic E-state index is 13.4. The Kier molecular flexibility index (Phi) is 21.1. The Balaban J connectivity index is 0.824. The van der Waals surface area contributed by atoms with Gasteiger partial charge in [-0.1, -0.05) is 29.8 Å². The fraction of sp³-hybridized carbons (Fsp3) is 0.423. The zero-order valence-electron chi connectivity index (χ0n) is 42.0. The van der Waals surface area contributed by atoms with Gasteiger partial charge in [-0.2, -0.15) is 10.2 Å². The number of aliphatic imine (C=N–C) groups is 1. The minimum absolute atomic E-state index is 0.0578. The van der Waals surface area contributed by atoms with Crippen molar-refractivity contribution in [3.8, 4) is 11.1 Å². The summed E-state index contributed by atoms with van der Waals surface area (Å²) in [5.74, 6) is -0.267. The van der Waals surface area contributed by atoms with Gasteiger partial charge in [-0.25, -0.2) is 8.82 Å². The molecule has 2 aliphatic heterocycles. The lowest BCUT2D eigenvalue weighted by molar-refractivity contribution is -0.159. The molecule has 0 saturated carbocycles. The molecule has 19 nitrogen and oxygen atoms in total. The maximum atomic E-state index is 13.4. The third kappa shape index (κ3) is 15.3. The minimum atomic E-state index is -0.556. The van der Waals surface area contributed by atoms with E-state index in [4.69, 9.17) is 40.3 Å². The van der Waals surface area contributed by atoms with Crippen LogP contribution < -0.4 is 15.5 Å². The van der Waals surface area contributed by atoms with Crippen LogP contribution in [0.2, 0.25) is 5.02 Å². The van der Waals surface area contributed by atoms with Gasteiger partial charge in [0.05, 0.1) is 82.1 Å². The molecular formula is C52H62ClN9O10S2. The number of nitrogens with zero attached hydrogens (tertiary/aromatic N) is 7. The maximum Gasteiger partial charge on any atom is 0.313 e. The Morgan fingerprint density at radius 2 is 1.66 bits per heavy atom. The Bertz CT molecular complexity index is 2800. The van der Waals surface area contributed by atoms with E-state index in [1.54, 1.807) is 47.2 Å². The highest BCUT2D eigenvalue weighted by atomic mass is 35.5. The summed E-state index contributed by atoms with van der Waals surface area (Å²) >= 11 is 9.51. The van der Waals surface area contributed by atoms with Crippen molar-refractivity contribution in [1.29, 1.82) is 0 Å². The van der Waals surface area contributed by atoms with Gasteiger partial charge in [0.15, 0.2) is 0 Å². The number of aryl methyl sites for hydroxylation is 1. The van der Waals surface area contributed by atoms with Gasteiger partial charge >= 0.3 is 5.97 Å². The summed E-state index contributed by atoms with van der Waals surface area (Å²) in [4.78, 5) is 58.9. The van der Waals surface area contributed by atoms with Crippen LogP contribution in [0.5, 0.6) is 0 Å². The van der Waals surface area contributed by atoms with Crippen LogP contribution in [0.25, 0.3) is 16.6 Å². The number of halogens is 1. The van der Waals surface area contributed by atoms with E-state index in [2.05, 4.69) is 60.4 Å². The van der Waals surface area contributed by atoms with E-state index in [-0.39, 0.29) is 43.3 Å². The lowest BCUT2D eigenvalue weighted by Gasteiger charge is -2.30. The van der Waals surface area contributed by atoms with Gasteiger partial charge in [0, 0.05) is 89.8 Å².